The molecule has 0 radical (unpaired) electrons. The van der Waals surface area contributed by atoms with Crippen LogP contribution in [0.25, 0.3) is 0 Å². The number of benzene rings is 1. The van der Waals surface area contributed by atoms with Crippen molar-refractivity contribution >= 4 is 27.3 Å². The lowest BCUT2D eigenvalue weighted by molar-refractivity contribution is 0.191. The van der Waals surface area contributed by atoms with Gasteiger partial charge in [-0.3, -0.25) is 4.90 Å². The van der Waals surface area contributed by atoms with Crippen molar-refractivity contribution in [3.8, 4) is 0 Å². The molecule has 1 atom stereocenters. The lowest BCUT2D eigenvalue weighted by atomic mass is 10.0. The smallest absolute Gasteiger partial charge is 0.0334 e. The first-order chi connectivity index (χ1) is 8.74. The van der Waals surface area contributed by atoms with E-state index in [-0.39, 0.29) is 0 Å². The summed E-state index contributed by atoms with van der Waals surface area (Å²) in [5, 5.41) is 2.23. The number of hydrogen-bond donors (Lipinski definition) is 0. The maximum absolute atomic E-state index is 3.54. The van der Waals surface area contributed by atoms with Crippen molar-refractivity contribution in [1.29, 1.82) is 0 Å². The Morgan fingerprint density at radius 2 is 2.28 bits per heavy atom. The van der Waals surface area contributed by atoms with E-state index in [9.17, 15) is 0 Å². The minimum atomic E-state index is 0.541. The predicted octanol–water partition coefficient (Wildman–Crippen LogP) is 4.63. The Morgan fingerprint density at radius 3 is 3.11 bits per heavy atom. The Bertz CT molecular complexity index is 549. The molecule has 18 heavy (non-hydrogen) atoms. The lowest BCUT2D eigenvalue weighted by Gasteiger charge is -2.33. The van der Waals surface area contributed by atoms with E-state index in [1.165, 1.54) is 28.6 Å². The van der Waals surface area contributed by atoms with Gasteiger partial charge in [-0.05, 0) is 48.1 Å². The first kappa shape index (κ1) is 12.4. The Labute approximate surface area is 121 Å². The summed E-state index contributed by atoms with van der Waals surface area (Å²) in [5.74, 6) is 0. The molecule has 0 saturated carbocycles. The summed E-state index contributed by atoms with van der Waals surface area (Å²) in [6.45, 7) is 4.53. The molecule has 1 nitrogen and oxygen atoms in total. The van der Waals surface area contributed by atoms with Crippen LogP contribution >= 0.6 is 27.3 Å². The van der Waals surface area contributed by atoms with E-state index in [0.29, 0.717) is 6.04 Å². The number of rotatable bonds is 2. The summed E-state index contributed by atoms with van der Waals surface area (Å²) in [6, 6.07) is 11.5. The molecule has 1 unspecified atom stereocenters. The maximum Gasteiger partial charge on any atom is 0.0334 e. The number of fused-ring (bicyclic) bond motifs is 1. The number of halogens is 1. The highest BCUT2D eigenvalue weighted by molar-refractivity contribution is 9.10. The standard InChI is InChI=1S/C15H16BrNS/c1-11-14-6-8-18-15(14)5-7-17(11)10-12-3-2-4-13(16)9-12/h2-4,6,8-9,11H,5,7,10H2,1H3. The Hall–Kier alpha value is -0.640. The highest BCUT2D eigenvalue weighted by Crippen LogP contribution is 2.33. The van der Waals surface area contributed by atoms with E-state index in [1.54, 1.807) is 4.88 Å². The molecule has 1 aromatic carbocycles. The summed E-state index contributed by atoms with van der Waals surface area (Å²) < 4.78 is 1.17. The average molecular weight is 322 g/mol. The largest absolute Gasteiger partial charge is 0.292 e. The van der Waals surface area contributed by atoms with E-state index in [4.69, 9.17) is 0 Å². The summed E-state index contributed by atoms with van der Waals surface area (Å²) in [4.78, 5) is 4.14. The van der Waals surface area contributed by atoms with Crippen LogP contribution in [0.1, 0.15) is 29.0 Å². The summed E-state index contributed by atoms with van der Waals surface area (Å²) in [5.41, 5.74) is 2.91. The van der Waals surface area contributed by atoms with Crippen LogP contribution in [0.2, 0.25) is 0 Å². The molecule has 0 aliphatic carbocycles. The highest BCUT2D eigenvalue weighted by Gasteiger charge is 2.24. The highest BCUT2D eigenvalue weighted by atomic mass is 79.9. The van der Waals surface area contributed by atoms with E-state index in [1.807, 2.05) is 11.3 Å². The van der Waals surface area contributed by atoms with Gasteiger partial charge >= 0.3 is 0 Å². The van der Waals surface area contributed by atoms with Gasteiger partial charge in [0.1, 0.15) is 0 Å². The zero-order valence-electron chi connectivity index (χ0n) is 10.4. The number of thiophene rings is 1. The van der Waals surface area contributed by atoms with Crippen molar-refractivity contribution in [1.82, 2.24) is 4.90 Å². The summed E-state index contributed by atoms with van der Waals surface area (Å²) in [7, 11) is 0. The van der Waals surface area contributed by atoms with E-state index >= 15 is 0 Å². The van der Waals surface area contributed by atoms with Crippen LogP contribution in [-0.4, -0.2) is 11.4 Å². The fourth-order valence-corrected chi connectivity index (χ4v) is 4.06. The molecule has 2 aromatic rings. The Morgan fingerprint density at radius 1 is 1.39 bits per heavy atom. The van der Waals surface area contributed by atoms with Gasteiger partial charge in [-0.2, -0.15) is 0 Å². The molecule has 0 fully saturated rings. The normalized spacial score (nSPS) is 19.8. The fraction of sp³-hybridized carbons (Fsp3) is 0.333. The van der Waals surface area contributed by atoms with E-state index in [2.05, 4.69) is 63.5 Å². The summed E-state index contributed by atoms with van der Waals surface area (Å²) in [6.07, 6.45) is 1.20. The van der Waals surface area contributed by atoms with E-state index in [0.717, 1.165) is 6.54 Å². The quantitative estimate of drug-likeness (QED) is 0.779. The first-order valence-electron chi connectivity index (χ1n) is 6.29. The maximum atomic E-state index is 3.54. The van der Waals surface area contributed by atoms with Gasteiger partial charge in [-0.25, -0.2) is 0 Å². The van der Waals surface area contributed by atoms with Crippen molar-refractivity contribution in [3.05, 3.63) is 56.2 Å². The van der Waals surface area contributed by atoms with Crippen LogP contribution in [0.5, 0.6) is 0 Å². The second kappa shape index (κ2) is 5.16. The van der Waals surface area contributed by atoms with Crippen LogP contribution in [0, 0.1) is 0 Å². The molecule has 3 rings (SSSR count). The van der Waals surface area contributed by atoms with Gasteiger partial charge in [0.25, 0.3) is 0 Å². The zero-order valence-corrected chi connectivity index (χ0v) is 12.8. The molecule has 2 heterocycles. The van der Waals surface area contributed by atoms with Crippen molar-refractivity contribution in [2.24, 2.45) is 0 Å². The number of nitrogens with zero attached hydrogens (tertiary/aromatic N) is 1. The minimum absolute atomic E-state index is 0.541. The van der Waals surface area contributed by atoms with Crippen LogP contribution < -0.4 is 0 Å². The van der Waals surface area contributed by atoms with Gasteiger partial charge in [0.05, 0.1) is 0 Å². The van der Waals surface area contributed by atoms with Crippen LogP contribution in [0.15, 0.2) is 40.2 Å². The van der Waals surface area contributed by atoms with Crippen LogP contribution in [-0.2, 0) is 13.0 Å². The third kappa shape index (κ3) is 2.40. The molecule has 1 aliphatic heterocycles. The molecule has 94 valence electrons. The molecule has 1 aromatic heterocycles. The molecule has 3 heteroatoms. The third-order valence-electron chi connectivity index (χ3n) is 3.68. The predicted molar refractivity (Wildman–Crippen MR) is 81.0 cm³/mol. The van der Waals surface area contributed by atoms with Crippen molar-refractivity contribution in [2.75, 3.05) is 6.54 Å². The topological polar surface area (TPSA) is 3.24 Å². The van der Waals surface area contributed by atoms with Gasteiger partial charge in [-0.15, -0.1) is 11.3 Å². The molecular formula is C15H16BrNS. The molecule has 1 aliphatic rings. The van der Waals surface area contributed by atoms with Crippen molar-refractivity contribution in [2.45, 2.75) is 25.9 Å². The second-order valence-corrected chi connectivity index (χ2v) is 6.74. The number of hydrogen-bond acceptors (Lipinski definition) is 2. The van der Waals surface area contributed by atoms with Crippen molar-refractivity contribution < 1.29 is 0 Å². The Kier molecular flexibility index (Phi) is 3.55. The monoisotopic (exact) mass is 321 g/mol. The fourth-order valence-electron chi connectivity index (χ4n) is 2.65. The van der Waals surface area contributed by atoms with Crippen LogP contribution in [0.3, 0.4) is 0 Å². The summed E-state index contributed by atoms with van der Waals surface area (Å²) >= 11 is 5.45. The van der Waals surface area contributed by atoms with Gasteiger partial charge in [-0.1, -0.05) is 28.1 Å². The lowest BCUT2D eigenvalue weighted by Crippen LogP contribution is -2.32. The van der Waals surface area contributed by atoms with Gasteiger partial charge in [0.2, 0.25) is 0 Å². The van der Waals surface area contributed by atoms with Crippen LogP contribution in [0.4, 0.5) is 0 Å². The van der Waals surface area contributed by atoms with Crippen molar-refractivity contribution in [3.63, 3.8) is 0 Å². The second-order valence-electron chi connectivity index (χ2n) is 4.83. The molecular weight excluding hydrogens is 306 g/mol. The van der Waals surface area contributed by atoms with Gasteiger partial charge in [0, 0.05) is 28.5 Å². The molecule has 0 saturated heterocycles. The zero-order chi connectivity index (χ0) is 12.5. The molecule has 0 N–H and O–H groups in total. The van der Waals surface area contributed by atoms with E-state index < -0.39 is 0 Å². The van der Waals surface area contributed by atoms with Gasteiger partial charge < -0.3 is 0 Å². The Balaban J connectivity index is 1.79. The first-order valence-corrected chi connectivity index (χ1v) is 7.96. The molecule has 0 bridgehead atoms. The minimum Gasteiger partial charge on any atom is -0.292 e. The average Bonchev–Trinajstić information content (AvgIpc) is 2.82. The third-order valence-corrected chi connectivity index (χ3v) is 5.17. The SMILES string of the molecule is CC1c2ccsc2CCN1Cc1cccc(Br)c1. The molecule has 0 amide bonds. The van der Waals surface area contributed by atoms with Gasteiger partial charge in [0.15, 0.2) is 0 Å². The molecule has 0 spiro atoms.